The van der Waals surface area contributed by atoms with Crippen LogP contribution < -0.4 is 5.32 Å². The summed E-state index contributed by atoms with van der Waals surface area (Å²) in [6, 6.07) is 0.685. The number of piperidine rings is 1. The fraction of sp³-hybridized carbons (Fsp3) is 0.846. The van der Waals surface area contributed by atoms with Crippen molar-refractivity contribution in [3.05, 3.63) is 11.7 Å². The number of nitrogens with one attached hydrogen (secondary N) is 1. The fourth-order valence-corrected chi connectivity index (χ4v) is 3.30. The molecule has 5 nitrogen and oxygen atoms in total. The summed E-state index contributed by atoms with van der Waals surface area (Å²) in [5.41, 5.74) is 0. The average Bonchev–Trinajstić information content (AvgIpc) is 2.99. The van der Waals surface area contributed by atoms with E-state index < -0.39 is 0 Å². The highest BCUT2D eigenvalue weighted by molar-refractivity contribution is 5.03. The van der Waals surface area contributed by atoms with Crippen molar-refractivity contribution < 1.29 is 4.52 Å². The van der Waals surface area contributed by atoms with Gasteiger partial charge >= 0.3 is 0 Å². The minimum atomic E-state index is 0.588. The molecule has 3 aliphatic rings. The van der Waals surface area contributed by atoms with Gasteiger partial charge in [0.15, 0.2) is 5.82 Å². The summed E-state index contributed by atoms with van der Waals surface area (Å²) in [5.74, 6) is 3.14. The van der Waals surface area contributed by atoms with Gasteiger partial charge in [-0.15, -0.1) is 0 Å². The topological polar surface area (TPSA) is 54.2 Å². The fourth-order valence-electron chi connectivity index (χ4n) is 3.30. The average molecular weight is 248 g/mol. The predicted octanol–water partition coefficient (Wildman–Crippen LogP) is 1.13. The molecule has 18 heavy (non-hydrogen) atoms. The molecule has 1 aromatic rings. The third kappa shape index (κ3) is 2.06. The Labute approximate surface area is 107 Å². The van der Waals surface area contributed by atoms with E-state index in [4.69, 9.17) is 4.52 Å². The number of likely N-dealkylation sites (tertiary alicyclic amines) is 1. The van der Waals surface area contributed by atoms with Crippen LogP contribution in [-0.4, -0.2) is 40.7 Å². The molecule has 1 aromatic heterocycles. The summed E-state index contributed by atoms with van der Waals surface area (Å²) in [7, 11) is 0. The highest BCUT2D eigenvalue weighted by Gasteiger charge is 2.35. The third-order valence-electron chi connectivity index (χ3n) is 4.46. The van der Waals surface area contributed by atoms with Crippen molar-refractivity contribution in [1.29, 1.82) is 0 Å². The molecule has 0 spiro atoms. The summed E-state index contributed by atoms with van der Waals surface area (Å²) in [6.07, 6.45) is 5.15. The number of nitrogens with zero attached hydrogens (tertiary/aromatic N) is 3. The van der Waals surface area contributed by atoms with Gasteiger partial charge in [-0.05, 0) is 38.1 Å². The molecule has 1 N–H and O–H groups in total. The molecule has 3 heterocycles. The van der Waals surface area contributed by atoms with Crippen LogP contribution in [0.5, 0.6) is 0 Å². The summed E-state index contributed by atoms with van der Waals surface area (Å²) < 4.78 is 5.36. The van der Waals surface area contributed by atoms with E-state index in [9.17, 15) is 0 Å². The number of fused-ring (bicyclic) bond motifs is 1. The van der Waals surface area contributed by atoms with Crippen molar-refractivity contribution >= 4 is 0 Å². The first-order valence-electron chi connectivity index (χ1n) is 7.17. The lowest BCUT2D eigenvalue weighted by Gasteiger charge is -2.24. The molecule has 2 saturated heterocycles. The minimum Gasteiger partial charge on any atom is -0.338 e. The van der Waals surface area contributed by atoms with Gasteiger partial charge in [0.05, 0.1) is 6.54 Å². The van der Waals surface area contributed by atoms with Crippen molar-refractivity contribution in [3.8, 4) is 0 Å². The lowest BCUT2D eigenvalue weighted by Crippen LogP contribution is -2.40. The standard InChI is InChI=1S/C13H20N4O/c1-2-10-6-17(7-11(10)14-5-1)8-12-15-13(16-18-12)9-3-4-9/h9-11,14H,1-8H2/t10-,11+/m0/s1. The van der Waals surface area contributed by atoms with Crippen LogP contribution in [0.15, 0.2) is 4.52 Å². The Hall–Kier alpha value is -0.940. The first-order valence-corrected chi connectivity index (χ1v) is 7.17. The van der Waals surface area contributed by atoms with Crippen LogP contribution in [0.2, 0.25) is 0 Å². The van der Waals surface area contributed by atoms with Crippen LogP contribution in [0.3, 0.4) is 0 Å². The monoisotopic (exact) mass is 248 g/mol. The van der Waals surface area contributed by atoms with E-state index in [0.717, 1.165) is 30.7 Å². The zero-order valence-corrected chi connectivity index (χ0v) is 10.6. The van der Waals surface area contributed by atoms with Crippen LogP contribution in [0, 0.1) is 5.92 Å². The Morgan fingerprint density at radius 1 is 1.28 bits per heavy atom. The van der Waals surface area contributed by atoms with Crippen LogP contribution in [-0.2, 0) is 6.54 Å². The minimum absolute atomic E-state index is 0.588. The molecule has 98 valence electrons. The number of rotatable bonds is 3. The smallest absolute Gasteiger partial charge is 0.240 e. The number of hydrogen-bond donors (Lipinski definition) is 1. The molecule has 5 heteroatoms. The zero-order valence-electron chi connectivity index (χ0n) is 10.6. The highest BCUT2D eigenvalue weighted by atomic mass is 16.5. The maximum absolute atomic E-state index is 5.36. The van der Waals surface area contributed by atoms with Crippen molar-refractivity contribution in [2.45, 2.75) is 44.2 Å². The zero-order chi connectivity index (χ0) is 11.9. The van der Waals surface area contributed by atoms with Crippen LogP contribution >= 0.6 is 0 Å². The van der Waals surface area contributed by atoms with E-state index in [2.05, 4.69) is 20.4 Å². The van der Waals surface area contributed by atoms with Gasteiger partial charge in [0.25, 0.3) is 0 Å². The van der Waals surface area contributed by atoms with Gasteiger partial charge in [-0.1, -0.05) is 5.16 Å². The predicted molar refractivity (Wildman–Crippen MR) is 66.1 cm³/mol. The first-order chi connectivity index (χ1) is 8.88. The van der Waals surface area contributed by atoms with Gasteiger partial charge in [-0.2, -0.15) is 4.98 Å². The van der Waals surface area contributed by atoms with E-state index in [-0.39, 0.29) is 0 Å². The van der Waals surface area contributed by atoms with E-state index in [0.29, 0.717) is 12.0 Å². The first kappa shape index (κ1) is 10.9. The molecular weight excluding hydrogens is 228 g/mol. The van der Waals surface area contributed by atoms with Gasteiger partial charge in [0, 0.05) is 25.0 Å². The van der Waals surface area contributed by atoms with Gasteiger partial charge in [-0.3, -0.25) is 4.90 Å². The summed E-state index contributed by atoms with van der Waals surface area (Å²) in [4.78, 5) is 6.97. The molecule has 0 radical (unpaired) electrons. The molecule has 0 aromatic carbocycles. The van der Waals surface area contributed by atoms with E-state index in [1.807, 2.05) is 0 Å². The van der Waals surface area contributed by atoms with Gasteiger partial charge in [0.2, 0.25) is 5.89 Å². The quantitative estimate of drug-likeness (QED) is 0.869. The largest absolute Gasteiger partial charge is 0.338 e. The van der Waals surface area contributed by atoms with E-state index in [1.165, 1.54) is 38.8 Å². The van der Waals surface area contributed by atoms with Gasteiger partial charge in [0.1, 0.15) is 0 Å². The maximum atomic E-state index is 5.36. The Morgan fingerprint density at radius 2 is 2.22 bits per heavy atom. The Bertz CT molecular complexity index is 414. The summed E-state index contributed by atoms with van der Waals surface area (Å²) >= 11 is 0. The molecule has 4 rings (SSSR count). The van der Waals surface area contributed by atoms with Crippen LogP contribution in [0.4, 0.5) is 0 Å². The number of hydrogen-bond acceptors (Lipinski definition) is 5. The third-order valence-corrected chi connectivity index (χ3v) is 4.46. The van der Waals surface area contributed by atoms with E-state index in [1.54, 1.807) is 0 Å². The van der Waals surface area contributed by atoms with Gasteiger partial charge < -0.3 is 9.84 Å². The van der Waals surface area contributed by atoms with Crippen molar-refractivity contribution in [2.24, 2.45) is 5.92 Å². The van der Waals surface area contributed by atoms with Crippen LogP contribution in [0.1, 0.15) is 43.3 Å². The Morgan fingerprint density at radius 3 is 3.06 bits per heavy atom. The molecule has 2 atom stereocenters. The maximum Gasteiger partial charge on any atom is 0.240 e. The summed E-state index contributed by atoms with van der Waals surface area (Å²) in [5, 5.41) is 7.70. The lowest BCUT2D eigenvalue weighted by atomic mass is 9.94. The Kier molecular flexibility index (Phi) is 2.62. The highest BCUT2D eigenvalue weighted by Crippen LogP contribution is 2.38. The second kappa shape index (κ2) is 4.31. The Balaban J connectivity index is 1.39. The molecule has 3 fully saturated rings. The van der Waals surface area contributed by atoms with Crippen LogP contribution in [0.25, 0.3) is 0 Å². The molecule has 0 bridgehead atoms. The SMILES string of the molecule is C1CN[C@@H]2CN(Cc3nc(C4CC4)no3)C[C@@H]2C1. The summed E-state index contributed by atoms with van der Waals surface area (Å²) in [6.45, 7) is 4.32. The lowest BCUT2D eigenvalue weighted by molar-refractivity contribution is 0.258. The molecule has 1 aliphatic carbocycles. The van der Waals surface area contributed by atoms with Gasteiger partial charge in [-0.25, -0.2) is 0 Å². The second-order valence-corrected chi connectivity index (χ2v) is 5.98. The number of aromatic nitrogens is 2. The molecular formula is C13H20N4O. The molecule has 0 amide bonds. The van der Waals surface area contributed by atoms with Crippen molar-refractivity contribution in [1.82, 2.24) is 20.4 Å². The second-order valence-electron chi connectivity index (χ2n) is 5.98. The molecule has 1 saturated carbocycles. The molecule has 2 aliphatic heterocycles. The van der Waals surface area contributed by atoms with Crippen molar-refractivity contribution in [2.75, 3.05) is 19.6 Å². The normalized spacial score (nSPS) is 32.7. The van der Waals surface area contributed by atoms with Crippen molar-refractivity contribution in [3.63, 3.8) is 0 Å². The van der Waals surface area contributed by atoms with E-state index >= 15 is 0 Å². The molecule has 0 unspecified atom stereocenters.